The van der Waals surface area contributed by atoms with Gasteiger partial charge in [-0.1, -0.05) is 47.7 Å². The van der Waals surface area contributed by atoms with Gasteiger partial charge in [0, 0.05) is 24.2 Å². The van der Waals surface area contributed by atoms with E-state index in [0.29, 0.717) is 27.2 Å². The number of likely N-dealkylation sites (tertiary alicyclic amines) is 1. The summed E-state index contributed by atoms with van der Waals surface area (Å²) in [6, 6.07) is 7.21. The third kappa shape index (κ3) is 4.90. The van der Waals surface area contributed by atoms with Crippen molar-refractivity contribution in [3.8, 4) is 0 Å². The van der Waals surface area contributed by atoms with Crippen molar-refractivity contribution in [1.82, 2.24) is 9.80 Å². The lowest BCUT2D eigenvalue weighted by molar-refractivity contribution is -0.138. The Kier molecular flexibility index (Phi) is 6.92. The molecule has 5 nitrogen and oxygen atoms in total. The van der Waals surface area contributed by atoms with E-state index < -0.39 is 0 Å². The van der Waals surface area contributed by atoms with Crippen LogP contribution in [0.25, 0.3) is 6.08 Å². The Hall–Kier alpha value is -1.41. The number of aliphatic hydroxyl groups is 1. The number of carbonyl (C=O) groups excluding carboxylic acids is 2. The summed E-state index contributed by atoms with van der Waals surface area (Å²) >= 11 is 12.4. The molecule has 1 atom stereocenters. The van der Waals surface area contributed by atoms with E-state index in [1.165, 1.54) is 16.7 Å². The van der Waals surface area contributed by atoms with Crippen LogP contribution in [-0.4, -0.2) is 56.8 Å². The fourth-order valence-electron chi connectivity index (χ4n) is 3.35. The number of hydrogen-bond acceptors (Lipinski definition) is 5. The molecule has 2 amide bonds. The molecule has 0 saturated carbocycles. The van der Waals surface area contributed by atoms with Crippen LogP contribution in [0, 0.1) is 0 Å². The molecule has 0 spiro atoms. The lowest BCUT2D eigenvalue weighted by atomic mass is 9.99. The Morgan fingerprint density at radius 2 is 2.07 bits per heavy atom. The average Bonchev–Trinajstić information content (AvgIpc) is 2.91. The summed E-state index contributed by atoms with van der Waals surface area (Å²) < 4.78 is 0.393. The maximum absolute atomic E-state index is 12.8. The minimum atomic E-state index is -0.246. The molecular formula is C19H21ClN2O3S2. The predicted octanol–water partition coefficient (Wildman–Crippen LogP) is 3.30. The van der Waals surface area contributed by atoms with E-state index in [1.54, 1.807) is 23.1 Å². The van der Waals surface area contributed by atoms with E-state index in [2.05, 4.69) is 0 Å². The van der Waals surface area contributed by atoms with E-state index in [-0.39, 0.29) is 31.0 Å². The minimum absolute atomic E-state index is 0.0410. The van der Waals surface area contributed by atoms with Gasteiger partial charge in [0.2, 0.25) is 5.91 Å². The molecule has 8 heteroatoms. The summed E-state index contributed by atoms with van der Waals surface area (Å²) in [5.41, 5.74) is 0.852. The van der Waals surface area contributed by atoms with Crippen molar-refractivity contribution in [3.05, 3.63) is 39.8 Å². The zero-order chi connectivity index (χ0) is 19.4. The number of thioether (sulfide) groups is 1. The topological polar surface area (TPSA) is 60.9 Å². The molecule has 0 aliphatic carbocycles. The smallest absolute Gasteiger partial charge is 0.266 e. The van der Waals surface area contributed by atoms with Gasteiger partial charge in [0.05, 0.1) is 4.91 Å². The number of nitrogens with zero attached hydrogens (tertiary/aromatic N) is 2. The summed E-state index contributed by atoms with van der Waals surface area (Å²) in [5, 5.41) is 9.87. The van der Waals surface area contributed by atoms with Crippen LogP contribution in [0.4, 0.5) is 0 Å². The van der Waals surface area contributed by atoms with Gasteiger partial charge in [-0.15, -0.1) is 0 Å². The summed E-state index contributed by atoms with van der Waals surface area (Å²) in [4.78, 5) is 29.2. The maximum Gasteiger partial charge on any atom is 0.266 e. The normalized spacial score (nSPS) is 22.0. The second kappa shape index (κ2) is 9.19. The van der Waals surface area contributed by atoms with Crippen LogP contribution in [0.1, 0.15) is 31.2 Å². The molecule has 1 N–H and O–H groups in total. The van der Waals surface area contributed by atoms with Crippen LogP contribution in [0.5, 0.6) is 0 Å². The van der Waals surface area contributed by atoms with Gasteiger partial charge in [0.1, 0.15) is 10.9 Å². The number of amides is 2. The molecule has 1 aromatic rings. The van der Waals surface area contributed by atoms with E-state index >= 15 is 0 Å². The first-order valence-electron chi connectivity index (χ1n) is 8.91. The zero-order valence-electron chi connectivity index (χ0n) is 14.8. The lowest BCUT2D eigenvalue weighted by Crippen LogP contribution is -2.49. The molecule has 2 saturated heterocycles. The van der Waals surface area contributed by atoms with Crippen LogP contribution in [0.2, 0.25) is 5.02 Å². The fourth-order valence-corrected chi connectivity index (χ4v) is 4.73. The zero-order valence-corrected chi connectivity index (χ0v) is 17.2. The number of hydrogen-bond donors (Lipinski definition) is 1. The minimum Gasteiger partial charge on any atom is -0.396 e. The number of piperidine rings is 1. The van der Waals surface area contributed by atoms with E-state index in [1.807, 2.05) is 12.1 Å². The summed E-state index contributed by atoms with van der Waals surface area (Å²) in [5.74, 6) is -0.360. The molecule has 27 heavy (non-hydrogen) atoms. The number of rotatable bonds is 5. The van der Waals surface area contributed by atoms with Gasteiger partial charge >= 0.3 is 0 Å². The van der Waals surface area contributed by atoms with Gasteiger partial charge in [0.25, 0.3) is 5.91 Å². The third-order valence-electron chi connectivity index (χ3n) is 4.74. The third-order valence-corrected chi connectivity index (χ3v) is 6.37. The summed E-state index contributed by atoms with van der Waals surface area (Å²) in [6.45, 7) is 0.669. The molecule has 1 aromatic carbocycles. The Balaban J connectivity index is 1.69. The van der Waals surface area contributed by atoms with Gasteiger partial charge in [-0.3, -0.25) is 14.5 Å². The van der Waals surface area contributed by atoms with E-state index in [4.69, 9.17) is 23.8 Å². The summed E-state index contributed by atoms with van der Waals surface area (Å²) in [7, 11) is 0. The van der Waals surface area contributed by atoms with Crippen LogP contribution in [0.3, 0.4) is 0 Å². The first-order chi connectivity index (χ1) is 13.0. The first-order valence-corrected chi connectivity index (χ1v) is 10.5. The van der Waals surface area contributed by atoms with Crippen molar-refractivity contribution < 1.29 is 14.7 Å². The quantitative estimate of drug-likeness (QED) is 0.580. The molecule has 0 radical (unpaired) electrons. The highest BCUT2D eigenvalue weighted by Gasteiger charge is 2.36. The second-order valence-corrected chi connectivity index (χ2v) is 8.68. The maximum atomic E-state index is 12.8. The van der Waals surface area contributed by atoms with Gasteiger partial charge in [-0.25, -0.2) is 0 Å². The van der Waals surface area contributed by atoms with Crippen molar-refractivity contribution in [3.63, 3.8) is 0 Å². The van der Waals surface area contributed by atoms with Gasteiger partial charge < -0.3 is 10.0 Å². The lowest BCUT2D eigenvalue weighted by Gasteiger charge is -2.36. The molecular weight excluding hydrogens is 404 g/mol. The van der Waals surface area contributed by atoms with Crippen LogP contribution < -0.4 is 0 Å². The van der Waals surface area contributed by atoms with Crippen LogP contribution in [-0.2, 0) is 9.59 Å². The molecule has 144 valence electrons. The number of thiocarbonyl (C=S) groups is 1. The molecule has 2 fully saturated rings. The van der Waals surface area contributed by atoms with E-state index in [0.717, 1.165) is 24.8 Å². The first kappa shape index (κ1) is 20.3. The highest BCUT2D eigenvalue weighted by molar-refractivity contribution is 8.26. The second-order valence-electron chi connectivity index (χ2n) is 6.57. The fraction of sp³-hybridized carbons (Fsp3) is 0.421. The van der Waals surface area contributed by atoms with E-state index in [9.17, 15) is 14.7 Å². The van der Waals surface area contributed by atoms with Gasteiger partial charge in [-0.05, 0) is 49.5 Å². The Labute approximate surface area is 173 Å². The molecule has 0 bridgehead atoms. The van der Waals surface area contributed by atoms with Crippen LogP contribution in [0.15, 0.2) is 29.2 Å². The van der Waals surface area contributed by atoms with Crippen molar-refractivity contribution in [1.29, 1.82) is 0 Å². The molecule has 1 unspecified atom stereocenters. The van der Waals surface area contributed by atoms with Gasteiger partial charge in [0.15, 0.2) is 0 Å². The van der Waals surface area contributed by atoms with Crippen molar-refractivity contribution in [2.24, 2.45) is 0 Å². The number of carbonyl (C=O) groups is 2. The molecule has 0 aromatic heterocycles. The highest BCUT2D eigenvalue weighted by atomic mass is 35.5. The van der Waals surface area contributed by atoms with Crippen LogP contribution >= 0.6 is 35.6 Å². The van der Waals surface area contributed by atoms with Crippen molar-refractivity contribution in [2.75, 3.05) is 19.7 Å². The molecule has 2 aliphatic rings. The Bertz CT molecular complexity index is 765. The van der Waals surface area contributed by atoms with Crippen molar-refractivity contribution in [2.45, 2.75) is 31.7 Å². The molecule has 2 heterocycles. The SMILES string of the molecule is O=C1C(=Cc2ccc(Cl)cc2)SC(=S)N1CC(=O)N1CCCCC1CCO. The van der Waals surface area contributed by atoms with Gasteiger partial charge in [-0.2, -0.15) is 0 Å². The monoisotopic (exact) mass is 424 g/mol. The summed E-state index contributed by atoms with van der Waals surface area (Å²) in [6.07, 6.45) is 5.22. The number of aliphatic hydroxyl groups excluding tert-OH is 1. The standard InChI is InChI=1S/C19H21ClN2O3S2/c20-14-6-4-13(5-7-14)11-16-18(25)22(19(26)27-16)12-17(24)21-9-2-1-3-15(21)8-10-23/h4-7,11,15,23H,1-3,8-10,12H2. The molecule has 2 aliphatic heterocycles. The van der Waals surface area contributed by atoms with Crippen molar-refractivity contribution >= 4 is 57.8 Å². The largest absolute Gasteiger partial charge is 0.396 e. The number of halogens is 1. The predicted molar refractivity (Wildman–Crippen MR) is 112 cm³/mol. The Morgan fingerprint density at radius 1 is 1.33 bits per heavy atom. The molecule has 3 rings (SSSR count). The Morgan fingerprint density at radius 3 is 2.78 bits per heavy atom. The average molecular weight is 425 g/mol. The highest BCUT2D eigenvalue weighted by Crippen LogP contribution is 2.33. The number of benzene rings is 1.